The molecule has 0 N–H and O–H groups in total. The topological polar surface area (TPSA) is 56.8 Å². The molecule has 0 aromatic carbocycles. The van der Waals surface area contributed by atoms with Crippen molar-refractivity contribution in [3.63, 3.8) is 0 Å². The van der Waals surface area contributed by atoms with Gasteiger partial charge in [0.2, 0.25) is 11.8 Å². The third-order valence-electron chi connectivity index (χ3n) is 5.06. The molecule has 1 aromatic heterocycles. The van der Waals surface area contributed by atoms with Gasteiger partial charge in [0.15, 0.2) is 0 Å². The second-order valence-electron chi connectivity index (χ2n) is 6.65. The van der Waals surface area contributed by atoms with E-state index in [2.05, 4.69) is 9.88 Å². The van der Waals surface area contributed by atoms with Gasteiger partial charge in [-0.3, -0.25) is 9.59 Å². The SMILES string of the molecule is CCC(=O)N1CCCC(C(=O)N2CCN(c3ncccc3Cl)CC2)C1. The maximum absolute atomic E-state index is 12.8. The molecule has 0 bridgehead atoms. The third-order valence-corrected chi connectivity index (χ3v) is 5.35. The van der Waals surface area contributed by atoms with Crippen LogP contribution in [-0.2, 0) is 9.59 Å². The number of carbonyl (C=O) groups is 2. The van der Waals surface area contributed by atoms with E-state index in [1.165, 1.54) is 0 Å². The molecule has 1 unspecified atom stereocenters. The van der Waals surface area contributed by atoms with Gasteiger partial charge in [-0.25, -0.2) is 4.98 Å². The minimum Gasteiger partial charge on any atom is -0.352 e. The lowest BCUT2D eigenvalue weighted by molar-refractivity contribution is -0.141. The van der Waals surface area contributed by atoms with Crippen molar-refractivity contribution in [3.05, 3.63) is 23.4 Å². The number of piperazine rings is 1. The summed E-state index contributed by atoms with van der Waals surface area (Å²) in [6.07, 6.45) is 4.02. The molecule has 3 rings (SSSR count). The average Bonchev–Trinajstić information content (AvgIpc) is 2.67. The summed E-state index contributed by atoms with van der Waals surface area (Å²) < 4.78 is 0. The molecule has 2 amide bonds. The molecule has 0 saturated carbocycles. The van der Waals surface area contributed by atoms with Crippen molar-refractivity contribution in [3.8, 4) is 0 Å². The highest BCUT2D eigenvalue weighted by molar-refractivity contribution is 6.32. The van der Waals surface area contributed by atoms with Crippen LogP contribution in [0.3, 0.4) is 0 Å². The summed E-state index contributed by atoms with van der Waals surface area (Å²) in [7, 11) is 0. The molecule has 7 heteroatoms. The van der Waals surface area contributed by atoms with Gasteiger partial charge in [-0.05, 0) is 25.0 Å². The number of likely N-dealkylation sites (tertiary alicyclic amines) is 1. The Morgan fingerprint density at radius 2 is 1.96 bits per heavy atom. The molecule has 2 saturated heterocycles. The van der Waals surface area contributed by atoms with Crippen molar-refractivity contribution in [1.82, 2.24) is 14.8 Å². The van der Waals surface area contributed by atoms with Crippen LogP contribution in [0.25, 0.3) is 0 Å². The number of amides is 2. The Hall–Kier alpha value is -1.82. The maximum Gasteiger partial charge on any atom is 0.227 e. The summed E-state index contributed by atoms with van der Waals surface area (Å²) in [5.74, 6) is 1.05. The Morgan fingerprint density at radius 3 is 2.64 bits per heavy atom. The summed E-state index contributed by atoms with van der Waals surface area (Å²) in [5.41, 5.74) is 0. The van der Waals surface area contributed by atoms with E-state index in [0.29, 0.717) is 31.1 Å². The van der Waals surface area contributed by atoms with E-state index in [-0.39, 0.29) is 17.7 Å². The summed E-state index contributed by atoms with van der Waals surface area (Å²) in [6, 6.07) is 3.65. The number of carbonyl (C=O) groups excluding carboxylic acids is 2. The van der Waals surface area contributed by atoms with Gasteiger partial charge in [0.25, 0.3) is 0 Å². The molecule has 2 aliphatic heterocycles. The molecular formula is C18H25ClN4O2. The van der Waals surface area contributed by atoms with Gasteiger partial charge in [-0.1, -0.05) is 18.5 Å². The van der Waals surface area contributed by atoms with Crippen molar-refractivity contribution in [2.45, 2.75) is 26.2 Å². The molecule has 0 spiro atoms. The second-order valence-corrected chi connectivity index (χ2v) is 7.06. The van der Waals surface area contributed by atoms with Crippen molar-refractivity contribution in [2.24, 2.45) is 5.92 Å². The van der Waals surface area contributed by atoms with Gasteiger partial charge in [-0.2, -0.15) is 0 Å². The number of pyridine rings is 1. The van der Waals surface area contributed by atoms with Crippen LogP contribution in [0, 0.1) is 5.92 Å². The zero-order valence-corrected chi connectivity index (χ0v) is 15.4. The molecule has 0 aliphatic carbocycles. The standard InChI is InChI=1S/C18H25ClN4O2/c1-2-16(24)23-8-4-5-14(13-23)18(25)22-11-9-21(10-12-22)17-15(19)6-3-7-20-17/h3,6-7,14H,2,4-5,8-13H2,1H3. The number of hydrogen-bond donors (Lipinski definition) is 0. The van der Waals surface area contributed by atoms with E-state index in [1.807, 2.05) is 28.9 Å². The van der Waals surface area contributed by atoms with Crippen LogP contribution >= 0.6 is 11.6 Å². The number of halogens is 1. The van der Waals surface area contributed by atoms with E-state index in [0.717, 1.165) is 38.3 Å². The Morgan fingerprint density at radius 1 is 1.20 bits per heavy atom. The fraction of sp³-hybridized carbons (Fsp3) is 0.611. The zero-order valence-electron chi connectivity index (χ0n) is 14.7. The number of piperidine rings is 1. The first kappa shape index (κ1) is 18.0. The van der Waals surface area contributed by atoms with Crippen LogP contribution in [0.2, 0.25) is 5.02 Å². The van der Waals surface area contributed by atoms with E-state index in [9.17, 15) is 9.59 Å². The van der Waals surface area contributed by atoms with Crippen molar-refractivity contribution < 1.29 is 9.59 Å². The van der Waals surface area contributed by atoms with E-state index >= 15 is 0 Å². The molecule has 25 heavy (non-hydrogen) atoms. The molecule has 3 heterocycles. The minimum absolute atomic E-state index is 0.0609. The highest BCUT2D eigenvalue weighted by Crippen LogP contribution is 2.25. The van der Waals surface area contributed by atoms with Crippen LogP contribution in [0.1, 0.15) is 26.2 Å². The predicted molar refractivity (Wildman–Crippen MR) is 97.6 cm³/mol. The Labute approximate surface area is 153 Å². The molecule has 1 aromatic rings. The largest absolute Gasteiger partial charge is 0.352 e. The normalized spacial score (nSPS) is 21.4. The number of anilines is 1. The predicted octanol–water partition coefficient (Wildman–Crippen LogP) is 2.03. The second kappa shape index (κ2) is 8.04. The lowest BCUT2D eigenvalue weighted by atomic mass is 9.96. The fourth-order valence-electron chi connectivity index (χ4n) is 3.64. The van der Waals surface area contributed by atoms with Crippen LogP contribution in [0.5, 0.6) is 0 Å². The van der Waals surface area contributed by atoms with Crippen LogP contribution in [0.4, 0.5) is 5.82 Å². The Kier molecular flexibility index (Phi) is 5.78. The van der Waals surface area contributed by atoms with Gasteiger partial charge in [0.1, 0.15) is 5.82 Å². The lowest BCUT2D eigenvalue weighted by Gasteiger charge is -2.39. The van der Waals surface area contributed by atoms with Crippen LogP contribution in [-0.4, -0.2) is 65.9 Å². The van der Waals surface area contributed by atoms with Gasteiger partial charge < -0.3 is 14.7 Å². The Balaban J connectivity index is 1.56. The summed E-state index contributed by atoms with van der Waals surface area (Å²) in [5, 5.41) is 0.642. The summed E-state index contributed by atoms with van der Waals surface area (Å²) >= 11 is 6.22. The van der Waals surface area contributed by atoms with Crippen LogP contribution < -0.4 is 4.90 Å². The van der Waals surface area contributed by atoms with Gasteiger partial charge in [0.05, 0.1) is 10.9 Å². The first-order chi connectivity index (χ1) is 12.1. The van der Waals surface area contributed by atoms with Gasteiger partial charge in [0, 0.05) is 51.9 Å². The first-order valence-corrected chi connectivity index (χ1v) is 9.40. The highest BCUT2D eigenvalue weighted by atomic mass is 35.5. The summed E-state index contributed by atoms with van der Waals surface area (Å²) in [6.45, 7) is 6.02. The van der Waals surface area contributed by atoms with Gasteiger partial charge >= 0.3 is 0 Å². The van der Waals surface area contributed by atoms with Crippen molar-refractivity contribution in [2.75, 3.05) is 44.2 Å². The van der Waals surface area contributed by atoms with E-state index in [4.69, 9.17) is 11.6 Å². The summed E-state index contributed by atoms with van der Waals surface area (Å²) in [4.78, 5) is 35.0. The van der Waals surface area contributed by atoms with Gasteiger partial charge in [-0.15, -0.1) is 0 Å². The number of rotatable bonds is 3. The zero-order chi connectivity index (χ0) is 17.8. The minimum atomic E-state index is -0.0609. The first-order valence-electron chi connectivity index (χ1n) is 9.02. The third kappa shape index (κ3) is 4.06. The lowest BCUT2D eigenvalue weighted by Crippen LogP contribution is -2.53. The molecule has 2 fully saturated rings. The number of aromatic nitrogens is 1. The maximum atomic E-state index is 12.8. The molecule has 2 aliphatic rings. The molecule has 136 valence electrons. The van der Waals surface area contributed by atoms with Crippen molar-refractivity contribution in [1.29, 1.82) is 0 Å². The van der Waals surface area contributed by atoms with E-state index < -0.39 is 0 Å². The Bertz CT molecular complexity index is 631. The fourth-order valence-corrected chi connectivity index (χ4v) is 3.88. The molecule has 6 nitrogen and oxygen atoms in total. The van der Waals surface area contributed by atoms with Crippen molar-refractivity contribution >= 4 is 29.2 Å². The quantitative estimate of drug-likeness (QED) is 0.823. The number of nitrogens with zero attached hydrogens (tertiary/aromatic N) is 4. The molecular weight excluding hydrogens is 340 g/mol. The molecule has 1 atom stereocenters. The highest BCUT2D eigenvalue weighted by Gasteiger charge is 2.32. The average molecular weight is 365 g/mol. The smallest absolute Gasteiger partial charge is 0.227 e. The number of hydrogen-bond acceptors (Lipinski definition) is 4. The molecule has 0 radical (unpaired) electrons. The monoisotopic (exact) mass is 364 g/mol. The van der Waals surface area contributed by atoms with Crippen LogP contribution in [0.15, 0.2) is 18.3 Å². The van der Waals surface area contributed by atoms with E-state index in [1.54, 1.807) is 6.20 Å².